The van der Waals surface area contributed by atoms with Crippen LogP contribution in [-0.2, 0) is 11.3 Å². The summed E-state index contributed by atoms with van der Waals surface area (Å²) in [7, 11) is 0. The normalized spacial score (nSPS) is 10.9. The highest BCUT2D eigenvalue weighted by Crippen LogP contribution is 2.26. The Labute approximate surface area is 141 Å². The molecule has 0 bridgehead atoms. The summed E-state index contributed by atoms with van der Waals surface area (Å²) in [6.07, 6.45) is 4.66. The van der Waals surface area contributed by atoms with E-state index in [1.165, 1.54) is 12.6 Å². The molecule has 0 aliphatic rings. The van der Waals surface area contributed by atoms with Crippen LogP contribution < -0.4 is 11.1 Å². The van der Waals surface area contributed by atoms with Gasteiger partial charge >= 0.3 is 0 Å². The topological polar surface area (TPSA) is 125 Å². The zero-order valence-electron chi connectivity index (χ0n) is 13.0. The van der Waals surface area contributed by atoms with Gasteiger partial charge in [-0.1, -0.05) is 6.07 Å². The molecule has 0 unspecified atom stereocenters. The van der Waals surface area contributed by atoms with Crippen molar-refractivity contribution in [2.24, 2.45) is 0 Å². The van der Waals surface area contributed by atoms with Gasteiger partial charge in [-0.2, -0.15) is 4.98 Å². The Bertz CT molecular complexity index is 1030. The molecule has 4 aromatic rings. The second-order valence-electron chi connectivity index (χ2n) is 5.22. The molecule has 0 aliphatic heterocycles. The lowest BCUT2D eigenvalue weighted by atomic mass is 10.3. The number of nitrogens with one attached hydrogen (secondary N) is 1. The van der Waals surface area contributed by atoms with Crippen LogP contribution in [0.3, 0.4) is 0 Å². The molecule has 4 aromatic heterocycles. The number of fused-ring (bicyclic) bond motifs is 1. The number of anilines is 2. The van der Waals surface area contributed by atoms with Crippen molar-refractivity contribution in [2.75, 3.05) is 11.1 Å². The highest BCUT2D eigenvalue weighted by Gasteiger charge is 2.17. The molecule has 0 atom stereocenters. The van der Waals surface area contributed by atoms with Gasteiger partial charge in [0.15, 0.2) is 11.4 Å². The Morgan fingerprint density at radius 1 is 1.20 bits per heavy atom. The number of aromatic nitrogens is 5. The molecular formula is C16H13N7O2. The Morgan fingerprint density at radius 2 is 2.12 bits per heavy atom. The Morgan fingerprint density at radius 3 is 2.88 bits per heavy atom. The fourth-order valence-electron chi connectivity index (χ4n) is 2.44. The number of nitrogens with zero attached hydrogens (tertiary/aromatic N) is 5. The number of carbonyl (C=O) groups excluding carboxylic acids is 1. The Balaban J connectivity index is 1.66. The molecule has 9 nitrogen and oxygen atoms in total. The lowest BCUT2D eigenvalue weighted by molar-refractivity contribution is -0.116. The molecule has 4 rings (SSSR count). The second kappa shape index (κ2) is 6.04. The number of nitrogen functional groups attached to an aromatic ring is 1. The van der Waals surface area contributed by atoms with Gasteiger partial charge in [0.25, 0.3) is 0 Å². The lowest BCUT2D eigenvalue weighted by Crippen LogP contribution is -2.19. The van der Waals surface area contributed by atoms with Crippen LogP contribution in [0.15, 0.2) is 53.5 Å². The van der Waals surface area contributed by atoms with Gasteiger partial charge in [-0.05, 0) is 24.3 Å². The predicted molar refractivity (Wildman–Crippen MR) is 90.3 cm³/mol. The van der Waals surface area contributed by atoms with E-state index in [0.717, 1.165) is 0 Å². The zero-order valence-corrected chi connectivity index (χ0v) is 13.0. The maximum atomic E-state index is 12.2. The summed E-state index contributed by atoms with van der Waals surface area (Å²) >= 11 is 0. The molecule has 4 heterocycles. The minimum atomic E-state index is -0.255. The van der Waals surface area contributed by atoms with Crippen molar-refractivity contribution >= 4 is 28.8 Å². The highest BCUT2D eigenvalue weighted by atomic mass is 16.3. The molecule has 1 amide bonds. The molecule has 9 heteroatoms. The third-order valence-electron chi connectivity index (χ3n) is 3.48. The first-order valence-electron chi connectivity index (χ1n) is 7.44. The van der Waals surface area contributed by atoms with E-state index >= 15 is 0 Å². The smallest absolute Gasteiger partial charge is 0.245 e. The van der Waals surface area contributed by atoms with Gasteiger partial charge in [-0.3, -0.25) is 4.79 Å². The van der Waals surface area contributed by atoms with Crippen molar-refractivity contribution in [3.8, 4) is 11.5 Å². The van der Waals surface area contributed by atoms with Gasteiger partial charge < -0.3 is 20.0 Å². The van der Waals surface area contributed by atoms with Crippen LogP contribution in [0.2, 0.25) is 0 Å². The van der Waals surface area contributed by atoms with E-state index in [-0.39, 0.29) is 18.4 Å². The number of hydrogen-bond donors (Lipinski definition) is 2. The van der Waals surface area contributed by atoms with Crippen molar-refractivity contribution in [2.45, 2.75) is 6.54 Å². The van der Waals surface area contributed by atoms with Gasteiger partial charge in [-0.15, -0.1) is 0 Å². The van der Waals surface area contributed by atoms with Crippen LogP contribution >= 0.6 is 0 Å². The molecule has 0 fully saturated rings. The Kier molecular flexibility index (Phi) is 3.58. The maximum absolute atomic E-state index is 12.2. The monoisotopic (exact) mass is 335 g/mol. The largest absolute Gasteiger partial charge is 0.463 e. The standard InChI is InChI=1S/C16H13N7O2/c17-16-21-13(10-4-3-7-25-10)14-15(22-16)23(9-19-14)8-12(24)20-11-5-1-2-6-18-11/h1-7,9H,8H2,(H2,17,21,22)(H,18,20,24). The number of rotatable bonds is 4. The summed E-state index contributed by atoms with van der Waals surface area (Å²) in [5, 5.41) is 2.71. The van der Waals surface area contributed by atoms with E-state index in [4.69, 9.17) is 10.2 Å². The van der Waals surface area contributed by atoms with Crippen molar-refractivity contribution in [3.63, 3.8) is 0 Å². The van der Waals surface area contributed by atoms with Crippen molar-refractivity contribution in [1.29, 1.82) is 0 Å². The summed E-state index contributed by atoms with van der Waals surface area (Å²) in [6.45, 7) is 0.0150. The van der Waals surface area contributed by atoms with Crippen LogP contribution in [0.1, 0.15) is 0 Å². The lowest BCUT2D eigenvalue weighted by Gasteiger charge is -2.06. The van der Waals surface area contributed by atoms with Crippen molar-refractivity contribution < 1.29 is 9.21 Å². The molecule has 0 saturated carbocycles. The first-order valence-corrected chi connectivity index (χ1v) is 7.44. The van der Waals surface area contributed by atoms with E-state index < -0.39 is 0 Å². The fourth-order valence-corrected chi connectivity index (χ4v) is 2.44. The summed E-state index contributed by atoms with van der Waals surface area (Å²) in [5.74, 6) is 0.824. The number of carbonyl (C=O) groups is 1. The molecule has 0 spiro atoms. The second-order valence-corrected chi connectivity index (χ2v) is 5.22. The quantitative estimate of drug-likeness (QED) is 0.581. The average molecular weight is 335 g/mol. The third kappa shape index (κ3) is 2.90. The molecule has 0 aromatic carbocycles. The molecule has 0 aliphatic carbocycles. The van der Waals surface area contributed by atoms with Crippen LogP contribution in [-0.4, -0.2) is 30.4 Å². The summed E-state index contributed by atoms with van der Waals surface area (Å²) < 4.78 is 6.96. The summed E-state index contributed by atoms with van der Waals surface area (Å²) in [6, 6.07) is 8.78. The number of amides is 1. The van der Waals surface area contributed by atoms with E-state index in [1.807, 2.05) is 0 Å². The minimum Gasteiger partial charge on any atom is -0.463 e. The van der Waals surface area contributed by atoms with Crippen molar-refractivity contribution in [3.05, 3.63) is 49.1 Å². The van der Waals surface area contributed by atoms with E-state index in [9.17, 15) is 4.79 Å². The SMILES string of the molecule is Nc1nc(-c2ccco2)c2ncn(CC(=O)Nc3ccccn3)c2n1. The number of pyridine rings is 1. The molecule has 0 saturated heterocycles. The zero-order chi connectivity index (χ0) is 17.2. The summed E-state index contributed by atoms with van der Waals surface area (Å²) in [4.78, 5) is 29.0. The maximum Gasteiger partial charge on any atom is 0.245 e. The third-order valence-corrected chi connectivity index (χ3v) is 3.48. The molecule has 3 N–H and O–H groups in total. The number of imidazole rings is 1. The average Bonchev–Trinajstić information content (AvgIpc) is 3.26. The number of nitrogens with two attached hydrogens (primary N) is 1. The van der Waals surface area contributed by atoms with Crippen LogP contribution in [0.5, 0.6) is 0 Å². The van der Waals surface area contributed by atoms with Gasteiger partial charge in [0.1, 0.15) is 23.6 Å². The number of furan rings is 1. The number of hydrogen-bond acceptors (Lipinski definition) is 7. The van der Waals surface area contributed by atoms with E-state index in [2.05, 4.69) is 25.3 Å². The molecular weight excluding hydrogens is 322 g/mol. The Hall–Kier alpha value is -3.75. The van der Waals surface area contributed by atoms with E-state index in [0.29, 0.717) is 28.4 Å². The van der Waals surface area contributed by atoms with E-state index in [1.54, 1.807) is 41.1 Å². The first kappa shape index (κ1) is 14.8. The van der Waals surface area contributed by atoms with Gasteiger partial charge in [0.05, 0.1) is 12.6 Å². The van der Waals surface area contributed by atoms with Crippen LogP contribution in [0, 0.1) is 0 Å². The predicted octanol–water partition coefficient (Wildman–Crippen LogP) is 1.70. The first-order chi connectivity index (χ1) is 12.2. The highest BCUT2D eigenvalue weighted by molar-refractivity contribution is 5.92. The van der Waals surface area contributed by atoms with Gasteiger partial charge in [0, 0.05) is 6.20 Å². The molecule has 25 heavy (non-hydrogen) atoms. The van der Waals surface area contributed by atoms with Gasteiger partial charge in [-0.25, -0.2) is 15.0 Å². The fraction of sp³-hybridized carbons (Fsp3) is 0.0625. The van der Waals surface area contributed by atoms with Crippen LogP contribution in [0.25, 0.3) is 22.6 Å². The van der Waals surface area contributed by atoms with Crippen LogP contribution in [0.4, 0.5) is 11.8 Å². The molecule has 0 radical (unpaired) electrons. The molecule has 124 valence electrons. The minimum absolute atomic E-state index is 0.0150. The van der Waals surface area contributed by atoms with Gasteiger partial charge in [0.2, 0.25) is 11.9 Å². The summed E-state index contributed by atoms with van der Waals surface area (Å²) in [5.41, 5.74) is 7.24. The van der Waals surface area contributed by atoms with Crippen molar-refractivity contribution in [1.82, 2.24) is 24.5 Å².